The van der Waals surface area contributed by atoms with Crippen LogP contribution in [-0.4, -0.2) is 52.3 Å². The molecular weight excluding hydrogens is 236 g/mol. The summed E-state index contributed by atoms with van der Waals surface area (Å²) in [6, 6.07) is -0.795. The van der Waals surface area contributed by atoms with E-state index in [-0.39, 0.29) is 24.9 Å². The molecule has 0 radical (unpaired) electrons. The molecule has 0 aromatic rings. The number of carboxylic acids is 1. The lowest BCUT2D eigenvalue weighted by atomic mass is 10.0. The summed E-state index contributed by atoms with van der Waals surface area (Å²) in [5, 5.41) is 21.0. The Morgan fingerprint density at radius 3 is 2.17 bits per heavy atom. The van der Waals surface area contributed by atoms with Gasteiger partial charge in [0.05, 0.1) is 18.6 Å². The van der Waals surface area contributed by atoms with Gasteiger partial charge in [0.1, 0.15) is 0 Å². The van der Waals surface area contributed by atoms with E-state index in [1.807, 2.05) is 13.8 Å². The van der Waals surface area contributed by atoms with Crippen molar-refractivity contribution < 1.29 is 19.8 Å². The number of carbonyl (C=O) groups excluding carboxylic acids is 1. The van der Waals surface area contributed by atoms with E-state index in [0.29, 0.717) is 0 Å². The number of nitrogens with zero attached hydrogens (tertiary/aromatic N) is 1. The van der Waals surface area contributed by atoms with Crippen molar-refractivity contribution in [2.45, 2.75) is 45.8 Å². The molecule has 6 nitrogen and oxygen atoms in total. The molecule has 0 fully saturated rings. The van der Waals surface area contributed by atoms with Gasteiger partial charge in [-0.05, 0) is 19.8 Å². The van der Waals surface area contributed by atoms with Crippen molar-refractivity contribution in [2.24, 2.45) is 5.92 Å². The Bertz CT molecular complexity index is 297. The lowest BCUT2D eigenvalue weighted by Gasteiger charge is -2.28. The van der Waals surface area contributed by atoms with Gasteiger partial charge >= 0.3 is 12.0 Å². The minimum Gasteiger partial charge on any atom is -0.481 e. The fourth-order valence-corrected chi connectivity index (χ4v) is 1.56. The summed E-state index contributed by atoms with van der Waals surface area (Å²) < 4.78 is 0. The van der Waals surface area contributed by atoms with Gasteiger partial charge in [0.15, 0.2) is 0 Å². The highest BCUT2D eigenvalue weighted by molar-refractivity contribution is 5.75. The number of rotatable bonds is 6. The number of carboxylic acid groups (broad SMARTS) is 1. The summed E-state index contributed by atoms with van der Waals surface area (Å²) >= 11 is 0. The van der Waals surface area contributed by atoms with E-state index < -0.39 is 17.6 Å². The Kier molecular flexibility index (Phi) is 6.11. The number of urea groups is 1. The zero-order valence-corrected chi connectivity index (χ0v) is 11.7. The number of aliphatic carboxylic acids is 1. The van der Waals surface area contributed by atoms with Gasteiger partial charge in [-0.3, -0.25) is 4.79 Å². The van der Waals surface area contributed by atoms with Crippen molar-refractivity contribution in [3.05, 3.63) is 0 Å². The molecule has 0 saturated heterocycles. The molecule has 1 unspecified atom stereocenters. The van der Waals surface area contributed by atoms with Crippen LogP contribution in [0.5, 0.6) is 0 Å². The quantitative estimate of drug-likeness (QED) is 0.662. The largest absolute Gasteiger partial charge is 0.481 e. The molecule has 0 heterocycles. The van der Waals surface area contributed by atoms with Crippen LogP contribution in [0.25, 0.3) is 0 Å². The predicted molar refractivity (Wildman–Crippen MR) is 68.3 cm³/mol. The van der Waals surface area contributed by atoms with Crippen molar-refractivity contribution in [3.8, 4) is 0 Å². The molecule has 3 N–H and O–H groups in total. The summed E-state index contributed by atoms with van der Waals surface area (Å²) in [6.07, 6.45) is -0.111. The molecule has 0 aliphatic heterocycles. The molecule has 0 aliphatic carbocycles. The Morgan fingerprint density at radius 1 is 1.33 bits per heavy atom. The molecule has 0 bridgehead atoms. The molecule has 0 spiro atoms. The van der Waals surface area contributed by atoms with E-state index in [2.05, 4.69) is 5.32 Å². The first kappa shape index (κ1) is 16.7. The van der Waals surface area contributed by atoms with Crippen LogP contribution >= 0.6 is 0 Å². The number of amides is 2. The Hall–Kier alpha value is -1.30. The maximum absolute atomic E-state index is 11.8. The maximum atomic E-state index is 11.8. The van der Waals surface area contributed by atoms with Crippen LogP contribution in [0.2, 0.25) is 0 Å². The first-order valence-corrected chi connectivity index (χ1v) is 5.98. The zero-order valence-electron chi connectivity index (χ0n) is 11.7. The van der Waals surface area contributed by atoms with Crippen LogP contribution in [0, 0.1) is 5.92 Å². The Morgan fingerprint density at radius 2 is 1.83 bits per heavy atom. The summed E-state index contributed by atoms with van der Waals surface area (Å²) in [4.78, 5) is 23.9. The maximum Gasteiger partial charge on any atom is 0.317 e. The SMILES string of the molecule is CC(C)C(CC(=O)O)NC(=O)N(C)CC(C)(C)O. The van der Waals surface area contributed by atoms with E-state index >= 15 is 0 Å². The topological polar surface area (TPSA) is 89.9 Å². The highest BCUT2D eigenvalue weighted by Crippen LogP contribution is 2.08. The molecule has 0 aromatic carbocycles. The van der Waals surface area contributed by atoms with E-state index in [4.69, 9.17) is 5.11 Å². The second-order valence-electron chi connectivity index (χ2n) is 5.57. The lowest BCUT2D eigenvalue weighted by Crippen LogP contribution is -2.49. The number of aliphatic hydroxyl groups is 1. The van der Waals surface area contributed by atoms with Crippen LogP contribution < -0.4 is 5.32 Å². The molecule has 1 atom stereocenters. The molecular formula is C12H24N2O4. The van der Waals surface area contributed by atoms with E-state index in [0.717, 1.165) is 0 Å². The highest BCUT2D eigenvalue weighted by atomic mass is 16.4. The monoisotopic (exact) mass is 260 g/mol. The average Bonchev–Trinajstić information content (AvgIpc) is 2.12. The van der Waals surface area contributed by atoms with Crippen molar-refractivity contribution >= 4 is 12.0 Å². The van der Waals surface area contributed by atoms with Gasteiger partial charge in [0.25, 0.3) is 0 Å². The Labute approximate surface area is 108 Å². The molecule has 18 heavy (non-hydrogen) atoms. The van der Waals surface area contributed by atoms with Crippen LogP contribution in [-0.2, 0) is 4.79 Å². The van der Waals surface area contributed by atoms with Gasteiger partial charge in [0.2, 0.25) is 0 Å². The molecule has 106 valence electrons. The first-order valence-electron chi connectivity index (χ1n) is 5.98. The number of carbonyl (C=O) groups is 2. The van der Waals surface area contributed by atoms with Crippen LogP contribution in [0.1, 0.15) is 34.1 Å². The van der Waals surface area contributed by atoms with Gasteiger partial charge in [0, 0.05) is 13.1 Å². The molecule has 0 aromatic heterocycles. The molecule has 0 saturated carbocycles. The normalized spacial score (nSPS) is 13.3. The van der Waals surface area contributed by atoms with Crippen molar-refractivity contribution in [1.29, 1.82) is 0 Å². The third-order valence-electron chi connectivity index (χ3n) is 2.48. The van der Waals surface area contributed by atoms with Crippen LogP contribution in [0.3, 0.4) is 0 Å². The van der Waals surface area contributed by atoms with Crippen LogP contribution in [0.4, 0.5) is 4.79 Å². The third-order valence-corrected chi connectivity index (χ3v) is 2.48. The van der Waals surface area contributed by atoms with E-state index in [9.17, 15) is 14.7 Å². The highest BCUT2D eigenvalue weighted by Gasteiger charge is 2.24. The van der Waals surface area contributed by atoms with E-state index in [1.165, 1.54) is 4.90 Å². The molecule has 2 amide bonds. The fourth-order valence-electron chi connectivity index (χ4n) is 1.56. The second kappa shape index (κ2) is 6.58. The number of hydrogen-bond acceptors (Lipinski definition) is 3. The fraction of sp³-hybridized carbons (Fsp3) is 0.833. The van der Waals surface area contributed by atoms with E-state index in [1.54, 1.807) is 20.9 Å². The lowest BCUT2D eigenvalue weighted by molar-refractivity contribution is -0.137. The minimum absolute atomic E-state index is 0.0283. The van der Waals surface area contributed by atoms with Crippen LogP contribution in [0.15, 0.2) is 0 Å². The number of nitrogens with one attached hydrogen (secondary N) is 1. The third kappa shape index (κ3) is 7.11. The summed E-state index contributed by atoms with van der Waals surface area (Å²) in [6.45, 7) is 7.09. The number of hydrogen-bond donors (Lipinski definition) is 3. The first-order chi connectivity index (χ1) is 8.03. The molecule has 0 rings (SSSR count). The summed E-state index contributed by atoms with van der Waals surface area (Å²) in [7, 11) is 1.56. The van der Waals surface area contributed by atoms with Gasteiger partial charge in [-0.15, -0.1) is 0 Å². The van der Waals surface area contributed by atoms with Gasteiger partial charge in [-0.1, -0.05) is 13.8 Å². The van der Waals surface area contributed by atoms with Crippen molar-refractivity contribution in [1.82, 2.24) is 10.2 Å². The van der Waals surface area contributed by atoms with Gasteiger partial charge in [-0.25, -0.2) is 4.79 Å². The van der Waals surface area contributed by atoms with Gasteiger partial charge in [-0.2, -0.15) is 0 Å². The smallest absolute Gasteiger partial charge is 0.317 e. The average molecular weight is 260 g/mol. The molecule has 6 heteroatoms. The standard InChI is InChI=1S/C12H24N2O4/c1-8(2)9(6-10(15)16)13-11(17)14(5)7-12(3,4)18/h8-9,18H,6-7H2,1-5H3,(H,13,17)(H,15,16). The summed E-state index contributed by atoms with van der Waals surface area (Å²) in [5.41, 5.74) is -0.980. The van der Waals surface area contributed by atoms with Gasteiger partial charge < -0.3 is 20.4 Å². The zero-order chi connectivity index (χ0) is 14.5. The summed E-state index contributed by atoms with van der Waals surface area (Å²) in [5.74, 6) is -0.917. The van der Waals surface area contributed by atoms with Crippen molar-refractivity contribution in [2.75, 3.05) is 13.6 Å². The predicted octanol–water partition coefficient (Wildman–Crippen LogP) is 0.898. The second-order valence-corrected chi connectivity index (χ2v) is 5.57. The molecule has 0 aliphatic rings. The van der Waals surface area contributed by atoms with Crippen molar-refractivity contribution in [3.63, 3.8) is 0 Å². The minimum atomic E-state index is -0.980. The Balaban J connectivity index is 4.46. The number of likely N-dealkylation sites (N-methyl/N-ethyl adjacent to an activating group) is 1.